The highest BCUT2D eigenvalue weighted by Crippen LogP contribution is 2.50. The summed E-state index contributed by atoms with van der Waals surface area (Å²) >= 11 is 0. The predicted octanol–water partition coefficient (Wildman–Crippen LogP) is 2.82. The van der Waals surface area contributed by atoms with Crippen molar-refractivity contribution < 1.29 is 9.32 Å². The van der Waals surface area contributed by atoms with E-state index in [1.165, 1.54) is 0 Å². The van der Waals surface area contributed by atoms with E-state index in [0.717, 1.165) is 25.1 Å². The number of likely N-dealkylation sites (tertiary alicyclic amines) is 1. The number of rotatable bonds is 3. The highest BCUT2D eigenvalue weighted by Gasteiger charge is 2.55. The number of pyridine rings is 1. The highest BCUT2D eigenvalue weighted by molar-refractivity contribution is 5.88. The van der Waals surface area contributed by atoms with Crippen molar-refractivity contribution in [2.75, 3.05) is 18.4 Å². The summed E-state index contributed by atoms with van der Waals surface area (Å²) in [5.74, 6) is 2.28. The molecule has 1 saturated heterocycles. The van der Waals surface area contributed by atoms with Crippen LogP contribution in [0.2, 0.25) is 0 Å². The van der Waals surface area contributed by atoms with Gasteiger partial charge < -0.3 is 9.42 Å². The van der Waals surface area contributed by atoms with Gasteiger partial charge in [-0.05, 0) is 30.9 Å². The Balaban J connectivity index is 1.36. The van der Waals surface area contributed by atoms with Crippen LogP contribution in [0.3, 0.4) is 0 Å². The first-order chi connectivity index (χ1) is 13.5. The molecule has 0 bridgehead atoms. The number of nitrogens with one attached hydrogen (secondary N) is 1. The summed E-state index contributed by atoms with van der Waals surface area (Å²) in [6.45, 7) is 5.36. The Kier molecular flexibility index (Phi) is 3.85. The van der Waals surface area contributed by atoms with E-state index in [0.29, 0.717) is 36.5 Å². The zero-order valence-corrected chi connectivity index (χ0v) is 16.0. The van der Waals surface area contributed by atoms with Crippen molar-refractivity contribution >= 4 is 17.6 Å². The van der Waals surface area contributed by atoms with Crippen LogP contribution in [0.4, 0.5) is 10.7 Å². The molecule has 0 spiro atoms. The molecule has 2 aliphatic rings. The number of amides is 2. The van der Waals surface area contributed by atoms with E-state index in [2.05, 4.69) is 39.4 Å². The van der Waals surface area contributed by atoms with E-state index in [-0.39, 0.29) is 17.4 Å². The van der Waals surface area contributed by atoms with Crippen LogP contribution in [0.15, 0.2) is 28.9 Å². The molecule has 1 N–H and O–H groups in total. The maximum Gasteiger partial charge on any atom is 0.324 e. The van der Waals surface area contributed by atoms with Crippen molar-refractivity contribution in [3.05, 3.63) is 36.1 Å². The fourth-order valence-corrected chi connectivity index (χ4v) is 4.52. The molecule has 0 aromatic carbocycles. The fraction of sp³-hybridized carbons (Fsp3) is 0.526. The summed E-state index contributed by atoms with van der Waals surface area (Å²) in [5, 5.41) is 11.3. The van der Waals surface area contributed by atoms with E-state index in [1.54, 1.807) is 10.7 Å². The first-order valence-corrected chi connectivity index (χ1v) is 9.76. The smallest absolute Gasteiger partial charge is 0.324 e. The minimum Gasteiger partial charge on any atom is -0.339 e. The maximum atomic E-state index is 12.9. The van der Waals surface area contributed by atoms with Crippen LogP contribution in [0.5, 0.6) is 0 Å². The Morgan fingerprint density at radius 2 is 2.25 bits per heavy atom. The van der Waals surface area contributed by atoms with Crippen molar-refractivity contribution in [2.24, 2.45) is 5.92 Å². The third-order valence-corrected chi connectivity index (χ3v) is 6.00. The van der Waals surface area contributed by atoms with Gasteiger partial charge in [-0.3, -0.25) is 5.32 Å². The van der Waals surface area contributed by atoms with Gasteiger partial charge in [-0.15, -0.1) is 5.10 Å². The molecule has 1 aliphatic heterocycles. The second-order valence-corrected chi connectivity index (χ2v) is 8.11. The third-order valence-electron chi connectivity index (χ3n) is 6.00. The molecule has 28 heavy (non-hydrogen) atoms. The van der Waals surface area contributed by atoms with Crippen molar-refractivity contribution in [3.63, 3.8) is 0 Å². The molecule has 2 fully saturated rings. The van der Waals surface area contributed by atoms with Gasteiger partial charge in [0.25, 0.3) is 5.95 Å². The third kappa shape index (κ3) is 2.64. The largest absolute Gasteiger partial charge is 0.339 e. The molecule has 2 amide bonds. The van der Waals surface area contributed by atoms with E-state index in [4.69, 9.17) is 4.52 Å². The average Bonchev–Trinajstić information content (AvgIpc) is 3.41. The van der Waals surface area contributed by atoms with Gasteiger partial charge in [-0.1, -0.05) is 31.5 Å². The second-order valence-electron chi connectivity index (χ2n) is 8.11. The number of nitrogens with zero attached hydrogens (tertiary/aromatic N) is 6. The number of carbonyl (C=O) groups is 1. The zero-order valence-electron chi connectivity index (χ0n) is 16.0. The lowest BCUT2D eigenvalue weighted by Gasteiger charge is -2.24. The molecule has 4 heterocycles. The molecule has 146 valence electrons. The molecule has 9 nitrogen and oxygen atoms in total. The van der Waals surface area contributed by atoms with Crippen LogP contribution in [0.25, 0.3) is 5.65 Å². The first kappa shape index (κ1) is 17.2. The van der Waals surface area contributed by atoms with Crippen LogP contribution in [-0.2, 0) is 5.41 Å². The normalized spacial score (nSPS) is 24.2. The van der Waals surface area contributed by atoms with E-state index < -0.39 is 0 Å². The maximum absolute atomic E-state index is 12.9. The lowest BCUT2D eigenvalue weighted by Crippen LogP contribution is -2.37. The van der Waals surface area contributed by atoms with Gasteiger partial charge in [0.1, 0.15) is 0 Å². The summed E-state index contributed by atoms with van der Waals surface area (Å²) in [6, 6.07) is 5.42. The summed E-state index contributed by atoms with van der Waals surface area (Å²) < 4.78 is 7.29. The van der Waals surface area contributed by atoms with Crippen molar-refractivity contribution in [1.82, 2.24) is 29.6 Å². The zero-order chi connectivity index (χ0) is 19.3. The lowest BCUT2D eigenvalue weighted by molar-refractivity contribution is 0.213. The number of hydrogen-bond donors (Lipinski definition) is 1. The second kappa shape index (κ2) is 6.29. The average molecular weight is 381 g/mol. The van der Waals surface area contributed by atoms with E-state index in [9.17, 15) is 4.79 Å². The number of urea groups is 1. The summed E-state index contributed by atoms with van der Waals surface area (Å²) in [4.78, 5) is 23.7. The van der Waals surface area contributed by atoms with Crippen molar-refractivity contribution in [1.29, 1.82) is 0 Å². The van der Waals surface area contributed by atoms with E-state index >= 15 is 0 Å². The van der Waals surface area contributed by atoms with Crippen LogP contribution in [0, 0.1) is 5.92 Å². The lowest BCUT2D eigenvalue weighted by atomic mass is 9.80. The Bertz CT molecular complexity index is 993. The molecule has 3 aromatic heterocycles. The molecule has 3 aromatic rings. The van der Waals surface area contributed by atoms with Crippen molar-refractivity contribution in [3.8, 4) is 0 Å². The fourth-order valence-electron chi connectivity index (χ4n) is 4.52. The number of hydrogen-bond acceptors (Lipinski definition) is 6. The molecule has 1 saturated carbocycles. The number of anilines is 1. The van der Waals surface area contributed by atoms with E-state index in [1.807, 2.05) is 23.1 Å². The van der Waals surface area contributed by atoms with Crippen LogP contribution >= 0.6 is 0 Å². The van der Waals surface area contributed by atoms with Gasteiger partial charge in [0, 0.05) is 25.2 Å². The Morgan fingerprint density at radius 3 is 3.04 bits per heavy atom. The Hall–Kier alpha value is -2.97. The quantitative estimate of drug-likeness (QED) is 0.748. The van der Waals surface area contributed by atoms with Crippen LogP contribution in [0.1, 0.15) is 50.7 Å². The summed E-state index contributed by atoms with van der Waals surface area (Å²) in [6.07, 6.45) is 4.95. The van der Waals surface area contributed by atoms with Gasteiger partial charge in [0.05, 0.1) is 5.41 Å². The molecule has 1 aliphatic carbocycles. The molecule has 9 heteroatoms. The van der Waals surface area contributed by atoms with Gasteiger partial charge >= 0.3 is 6.03 Å². The molecule has 0 unspecified atom stereocenters. The predicted molar refractivity (Wildman–Crippen MR) is 101 cm³/mol. The minimum atomic E-state index is -0.232. The monoisotopic (exact) mass is 381 g/mol. The Morgan fingerprint density at radius 1 is 1.36 bits per heavy atom. The SMILES string of the molecule is CC(C)c1noc([C@]23CCC[C@H]2CN(C(=O)Nc2nc4ccccn4n2)C3)n1. The Labute approximate surface area is 162 Å². The molecule has 5 rings (SSSR count). The van der Waals surface area contributed by atoms with Gasteiger partial charge in [0.15, 0.2) is 11.5 Å². The molecule has 0 radical (unpaired) electrons. The topological polar surface area (TPSA) is 101 Å². The number of fused-ring (bicyclic) bond motifs is 2. The summed E-state index contributed by atoms with van der Waals surface area (Å²) in [7, 11) is 0. The first-order valence-electron chi connectivity index (χ1n) is 9.76. The van der Waals surface area contributed by atoms with Crippen LogP contribution in [-0.4, -0.2) is 48.8 Å². The van der Waals surface area contributed by atoms with Gasteiger partial charge in [0.2, 0.25) is 5.89 Å². The number of carbonyl (C=O) groups excluding carboxylic acids is 1. The molecular weight excluding hydrogens is 358 g/mol. The standard InChI is InChI=1S/C19H23N7O2/c1-12(2)15-21-16(28-24-15)19-8-5-6-13(19)10-25(11-19)18(27)22-17-20-14-7-3-4-9-26(14)23-17/h3-4,7,9,12-13H,5-6,8,10-11H2,1-2H3,(H,22,23,27)/t13-,19-/m0/s1. The summed E-state index contributed by atoms with van der Waals surface area (Å²) in [5.41, 5.74) is 0.462. The van der Waals surface area contributed by atoms with Gasteiger partial charge in [-0.2, -0.15) is 9.97 Å². The molecular formula is C19H23N7O2. The van der Waals surface area contributed by atoms with Crippen molar-refractivity contribution in [2.45, 2.75) is 44.4 Å². The van der Waals surface area contributed by atoms with Crippen LogP contribution < -0.4 is 5.32 Å². The number of aromatic nitrogens is 5. The van der Waals surface area contributed by atoms with Gasteiger partial charge in [-0.25, -0.2) is 9.31 Å². The molecule has 2 atom stereocenters. The highest BCUT2D eigenvalue weighted by atomic mass is 16.5. The minimum absolute atomic E-state index is 0.187.